The van der Waals surface area contributed by atoms with Crippen molar-refractivity contribution in [3.8, 4) is 0 Å². The maximum Gasteiger partial charge on any atom is 0.320 e. The normalized spacial score (nSPS) is 26.8. The van der Waals surface area contributed by atoms with E-state index in [2.05, 4.69) is 10.1 Å². The first-order valence-corrected chi connectivity index (χ1v) is 13.9. The molecule has 5 aliphatic rings. The van der Waals surface area contributed by atoms with Crippen LogP contribution in [0.25, 0.3) is 0 Å². The van der Waals surface area contributed by atoms with Gasteiger partial charge in [-0.3, -0.25) is 9.59 Å². The summed E-state index contributed by atoms with van der Waals surface area (Å²) in [6.07, 6.45) is 7.90. The van der Waals surface area contributed by atoms with Gasteiger partial charge in [0, 0.05) is 50.9 Å². The number of aliphatic hydroxyl groups excluding tert-OH is 1. The predicted octanol–water partition coefficient (Wildman–Crippen LogP) is 1.18. The average Bonchev–Trinajstić information content (AvgIpc) is 3.60. The summed E-state index contributed by atoms with van der Waals surface area (Å²) < 4.78 is 31.9. The van der Waals surface area contributed by atoms with Gasteiger partial charge in [0.1, 0.15) is 12.5 Å². The molecule has 0 radical (unpaired) electrons. The molecule has 11 nitrogen and oxygen atoms in total. The van der Waals surface area contributed by atoms with Gasteiger partial charge in [0.2, 0.25) is 5.91 Å². The third-order valence-corrected chi connectivity index (χ3v) is 7.65. The lowest BCUT2D eigenvalue weighted by Crippen LogP contribution is -2.51. The topological polar surface area (TPSA) is 125 Å². The van der Waals surface area contributed by atoms with E-state index in [1.165, 1.54) is 7.11 Å². The first-order chi connectivity index (χ1) is 17.9. The van der Waals surface area contributed by atoms with Crippen LogP contribution in [0, 0.1) is 0 Å². The molecular formula is C25H43ClN2O9. The fourth-order valence-electron chi connectivity index (χ4n) is 5.43. The van der Waals surface area contributed by atoms with E-state index in [9.17, 15) is 9.59 Å². The lowest BCUT2D eigenvalue weighted by molar-refractivity contribution is -0.187. The van der Waals surface area contributed by atoms with Gasteiger partial charge in [0.25, 0.3) is 0 Å². The van der Waals surface area contributed by atoms with Gasteiger partial charge in [-0.15, -0.1) is 11.6 Å². The van der Waals surface area contributed by atoms with Crippen molar-refractivity contribution in [3.05, 3.63) is 0 Å². The monoisotopic (exact) mass is 550 g/mol. The number of nitrogens with zero attached hydrogens (tertiary/aromatic N) is 1. The van der Waals surface area contributed by atoms with Crippen molar-refractivity contribution < 1.29 is 43.1 Å². The first kappa shape index (κ1) is 30.5. The second-order valence-corrected chi connectivity index (χ2v) is 10.0. The molecule has 2 aliphatic carbocycles. The minimum Gasteiger partial charge on any atom is -0.468 e. The van der Waals surface area contributed by atoms with Gasteiger partial charge in [0.05, 0.1) is 46.8 Å². The Morgan fingerprint density at radius 2 is 1.54 bits per heavy atom. The van der Waals surface area contributed by atoms with Gasteiger partial charge in [-0.25, -0.2) is 0 Å². The number of esters is 1. The number of ether oxygens (including phenoxy) is 6. The SMILES string of the molecule is COC(=O)CCl.O=C1COCCN1C1CCC2(CC1)OCCO2.OCCNC1CCC2(CC1)OCCO2. The number of nitrogens with one attached hydrogen (secondary N) is 1. The first-order valence-electron chi connectivity index (χ1n) is 13.3. The van der Waals surface area contributed by atoms with Crippen LogP contribution in [-0.4, -0.2) is 118 Å². The van der Waals surface area contributed by atoms with Crippen LogP contribution >= 0.6 is 11.6 Å². The number of alkyl halides is 1. The molecule has 0 aromatic rings. The molecule has 3 heterocycles. The minimum atomic E-state index is -0.392. The van der Waals surface area contributed by atoms with Crippen molar-refractivity contribution in [2.75, 3.05) is 72.3 Å². The van der Waals surface area contributed by atoms with Crippen molar-refractivity contribution in [1.82, 2.24) is 10.2 Å². The Balaban J connectivity index is 0.000000172. The van der Waals surface area contributed by atoms with Crippen molar-refractivity contribution in [1.29, 1.82) is 0 Å². The third-order valence-electron chi connectivity index (χ3n) is 7.44. The predicted molar refractivity (Wildman–Crippen MR) is 134 cm³/mol. The summed E-state index contributed by atoms with van der Waals surface area (Å²) >= 11 is 4.98. The summed E-state index contributed by atoms with van der Waals surface area (Å²) in [5, 5.41) is 12.0. The van der Waals surface area contributed by atoms with E-state index < -0.39 is 5.97 Å². The van der Waals surface area contributed by atoms with Crippen LogP contribution < -0.4 is 5.32 Å². The third kappa shape index (κ3) is 9.28. The average molecular weight is 551 g/mol. The van der Waals surface area contributed by atoms with Gasteiger partial charge < -0.3 is 43.7 Å². The van der Waals surface area contributed by atoms with E-state index >= 15 is 0 Å². The van der Waals surface area contributed by atoms with E-state index in [0.717, 1.165) is 71.1 Å². The Hall–Kier alpha value is -1.05. The largest absolute Gasteiger partial charge is 0.468 e. The zero-order valence-corrected chi connectivity index (χ0v) is 22.7. The van der Waals surface area contributed by atoms with E-state index in [1.54, 1.807) is 0 Å². The van der Waals surface area contributed by atoms with Gasteiger partial charge in [-0.2, -0.15) is 0 Å². The van der Waals surface area contributed by atoms with Gasteiger partial charge in [-0.05, 0) is 25.7 Å². The highest BCUT2D eigenvalue weighted by Gasteiger charge is 2.42. The van der Waals surface area contributed by atoms with E-state index in [4.69, 9.17) is 40.4 Å². The van der Waals surface area contributed by atoms with Crippen molar-refractivity contribution >= 4 is 23.5 Å². The van der Waals surface area contributed by atoms with E-state index in [1.807, 2.05) is 4.90 Å². The Morgan fingerprint density at radius 3 is 1.97 bits per heavy atom. The number of hydrogen-bond donors (Lipinski definition) is 2. The maximum absolute atomic E-state index is 11.7. The number of carbonyl (C=O) groups excluding carboxylic acids is 2. The van der Waals surface area contributed by atoms with Crippen LogP contribution in [0.4, 0.5) is 0 Å². The highest BCUT2D eigenvalue weighted by atomic mass is 35.5. The molecule has 5 fully saturated rings. The van der Waals surface area contributed by atoms with Crippen LogP contribution in [0.15, 0.2) is 0 Å². The second kappa shape index (κ2) is 15.5. The van der Waals surface area contributed by atoms with Gasteiger partial charge >= 0.3 is 5.97 Å². The maximum atomic E-state index is 11.7. The molecule has 0 unspecified atom stereocenters. The number of hydrogen-bond acceptors (Lipinski definition) is 10. The smallest absolute Gasteiger partial charge is 0.320 e. The van der Waals surface area contributed by atoms with Gasteiger partial charge in [0.15, 0.2) is 11.6 Å². The van der Waals surface area contributed by atoms with Gasteiger partial charge in [-0.1, -0.05) is 0 Å². The molecule has 0 aromatic carbocycles. The second-order valence-electron chi connectivity index (χ2n) is 9.75. The molecule has 12 heteroatoms. The number of carbonyl (C=O) groups is 2. The molecule has 5 rings (SSSR count). The quantitative estimate of drug-likeness (QED) is 0.381. The van der Waals surface area contributed by atoms with E-state index in [-0.39, 0.29) is 36.6 Å². The minimum absolute atomic E-state index is 0.0590. The number of methoxy groups -OCH3 is 1. The van der Waals surface area contributed by atoms with Crippen molar-refractivity contribution in [3.63, 3.8) is 0 Å². The fraction of sp³-hybridized carbons (Fsp3) is 0.920. The summed E-state index contributed by atoms with van der Waals surface area (Å²) in [7, 11) is 1.30. The molecule has 3 saturated heterocycles. The Labute approximate surface area is 224 Å². The standard InChI is InChI=1S/C12H19NO4.C10H19NO3.C3H5ClO2/c14-11-9-15-6-5-13(11)10-1-3-12(4-2-10)16-7-8-17-12;12-6-5-11-9-1-3-10(4-2-9)13-7-8-14-10;1-6-3(5)2-4/h10H,1-9H2;9,11-12H,1-8H2;2H2,1H3. The lowest BCUT2D eigenvalue weighted by atomic mass is 9.89. The fourth-order valence-corrected chi connectivity index (χ4v) is 5.54. The number of amides is 1. The Kier molecular flexibility index (Phi) is 12.8. The molecule has 2 N–H and O–H groups in total. The highest BCUT2D eigenvalue weighted by molar-refractivity contribution is 6.26. The van der Waals surface area contributed by atoms with Crippen LogP contribution in [0.5, 0.6) is 0 Å². The van der Waals surface area contributed by atoms with Crippen molar-refractivity contribution in [2.24, 2.45) is 0 Å². The molecule has 214 valence electrons. The summed E-state index contributed by atoms with van der Waals surface area (Å²) in [4.78, 5) is 23.5. The highest BCUT2D eigenvalue weighted by Crippen LogP contribution is 2.38. The molecule has 37 heavy (non-hydrogen) atoms. The molecule has 0 aromatic heterocycles. The number of aliphatic hydroxyl groups is 1. The summed E-state index contributed by atoms with van der Waals surface area (Å²) in [5.74, 6) is -0.901. The van der Waals surface area contributed by atoms with Crippen LogP contribution in [0.3, 0.4) is 0 Å². The molecule has 3 aliphatic heterocycles. The number of halogens is 1. The molecule has 0 atom stereocenters. The number of morpholine rings is 1. The molecule has 0 bridgehead atoms. The molecular weight excluding hydrogens is 508 g/mol. The lowest BCUT2D eigenvalue weighted by Gasteiger charge is -2.41. The molecule has 2 saturated carbocycles. The van der Waals surface area contributed by atoms with Crippen LogP contribution in [0.1, 0.15) is 51.4 Å². The zero-order valence-electron chi connectivity index (χ0n) is 21.9. The zero-order chi connectivity index (χ0) is 26.6. The summed E-state index contributed by atoms with van der Waals surface area (Å²) in [6, 6.07) is 0.880. The van der Waals surface area contributed by atoms with E-state index in [0.29, 0.717) is 38.4 Å². The Bertz CT molecular complexity index is 676. The molecule has 1 amide bonds. The Morgan fingerprint density at radius 1 is 1.00 bits per heavy atom. The summed E-state index contributed by atoms with van der Waals surface area (Å²) in [6.45, 7) is 5.47. The summed E-state index contributed by atoms with van der Waals surface area (Å²) in [5.41, 5.74) is 0. The van der Waals surface area contributed by atoms with Crippen LogP contribution in [-0.2, 0) is 38.0 Å². The molecule has 2 spiro atoms. The number of rotatable bonds is 5. The van der Waals surface area contributed by atoms with Crippen LogP contribution in [0.2, 0.25) is 0 Å². The van der Waals surface area contributed by atoms with Crippen molar-refractivity contribution in [2.45, 2.75) is 75.0 Å².